The van der Waals surface area contributed by atoms with E-state index in [2.05, 4.69) is 5.32 Å². The highest BCUT2D eigenvalue weighted by Gasteiger charge is 2.24. The van der Waals surface area contributed by atoms with Gasteiger partial charge in [-0.25, -0.2) is 12.8 Å². The highest BCUT2D eigenvalue weighted by molar-refractivity contribution is 7.91. The summed E-state index contributed by atoms with van der Waals surface area (Å²) in [4.78, 5) is 0.243. The summed E-state index contributed by atoms with van der Waals surface area (Å²) in [5.41, 5.74) is 2.32. The number of likely N-dealkylation sites (N-methyl/N-ethyl adjacent to an activating group) is 1. The summed E-state index contributed by atoms with van der Waals surface area (Å²) in [5.74, 6) is -0.118. The highest BCUT2D eigenvalue weighted by atomic mass is 35.5. The summed E-state index contributed by atoms with van der Waals surface area (Å²) in [6.45, 7) is 0.892. The van der Waals surface area contributed by atoms with Crippen molar-refractivity contribution < 1.29 is 12.8 Å². The van der Waals surface area contributed by atoms with Crippen molar-refractivity contribution in [2.75, 3.05) is 13.6 Å². The average Bonchev–Trinajstić information content (AvgIpc) is 2.55. The molecule has 24 heavy (non-hydrogen) atoms. The molecule has 6 heteroatoms. The Balaban J connectivity index is 0.00000208. The van der Waals surface area contributed by atoms with E-state index < -0.39 is 15.7 Å². The minimum atomic E-state index is -3.68. The molecule has 3 nitrogen and oxygen atoms in total. The molecule has 0 saturated carbocycles. The third-order valence-electron chi connectivity index (χ3n) is 4.42. The summed E-state index contributed by atoms with van der Waals surface area (Å²) in [5, 5.41) is 3.20. The number of halogens is 2. The lowest BCUT2D eigenvalue weighted by Gasteiger charge is -2.25. The second-order valence-electron chi connectivity index (χ2n) is 5.97. The molecule has 130 valence electrons. The molecule has 0 fully saturated rings. The molecular formula is C18H21ClFNO2S. The van der Waals surface area contributed by atoms with E-state index in [9.17, 15) is 12.8 Å². The number of aryl methyl sites for hydroxylation is 1. The lowest BCUT2D eigenvalue weighted by atomic mass is 9.83. The molecule has 1 atom stereocenters. The quantitative estimate of drug-likeness (QED) is 0.893. The molecule has 0 spiro atoms. The first-order chi connectivity index (χ1) is 11.0. The number of hydrogen-bond donors (Lipinski definition) is 1. The normalized spacial score (nSPS) is 17.0. The molecule has 2 aromatic rings. The molecule has 1 N–H and O–H groups in total. The predicted molar refractivity (Wildman–Crippen MR) is 95.1 cm³/mol. The molecule has 0 radical (unpaired) electrons. The van der Waals surface area contributed by atoms with Crippen LogP contribution in [-0.2, 0) is 16.3 Å². The van der Waals surface area contributed by atoms with E-state index in [0.717, 1.165) is 37.4 Å². The van der Waals surface area contributed by atoms with Gasteiger partial charge in [0.15, 0.2) is 0 Å². The van der Waals surface area contributed by atoms with E-state index in [1.165, 1.54) is 23.8 Å². The van der Waals surface area contributed by atoms with Gasteiger partial charge in [-0.05, 0) is 73.7 Å². The van der Waals surface area contributed by atoms with E-state index in [-0.39, 0.29) is 22.2 Å². The zero-order chi connectivity index (χ0) is 16.4. The molecule has 0 amide bonds. The topological polar surface area (TPSA) is 46.2 Å². The van der Waals surface area contributed by atoms with Gasteiger partial charge in [0, 0.05) is 6.54 Å². The van der Waals surface area contributed by atoms with Crippen LogP contribution in [0.1, 0.15) is 29.9 Å². The lowest BCUT2D eigenvalue weighted by Crippen LogP contribution is -2.21. The largest absolute Gasteiger partial charge is 0.319 e. The van der Waals surface area contributed by atoms with E-state index >= 15 is 0 Å². The smallest absolute Gasteiger partial charge is 0.206 e. The molecule has 0 heterocycles. The summed E-state index contributed by atoms with van der Waals surface area (Å²) in [6.07, 6.45) is 3.06. The molecule has 0 bridgehead atoms. The molecule has 1 aliphatic rings. The number of rotatable bonds is 4. The van der Waals surface area contributed by atoms with Gasteiger partial charge in [0.05, 0.1) is 9.79 Å². The second kappa shape index (κ2) is 7.64. The van der Waals surface area contributed by atoms with Crippen molar-refractivity contribution >= 4 is 22.2 Å². The molecular weight excluding hydrogens is 349 g/mol. The zero-order valence-electron chi connectivity index (χ0n) is 13.5. The van der Waals surface area contributed by atoms with Crippen LogP contribution in [0.15, 0.2) is 52.3 Å². The maximum Gasteiger partial charge on any atom is 0.206 e. The Hall–Kier alpha value is -1.43. The number of sulfone groups is 1. The van der Waals surface area contributed by atoms with Crippen LogP contribution in [0.4, 0.5) is 4.39 Å². The molecule has 0 aromatic heterocycles. The Morgan fingerprint density at radius 3 is 2.62 bits per heavy atom. The monoisotopic (exact) mass is 369 g/mol. The van der Waals surface area contributed by atoms with Crippen LogP contribution >= 0.6 is 12.4 Å². The Kier molecular flexibility index (Phi) is 6.01. The molecule has 0 saturated heterocycles. The van der Waals surface area contributed by atoms with Crippen molar-refractivity contribution in [2.45, 2.75) is 35.0 Å². The zero-order valence-corrected chi connectivity index (χ0v) is 15.1. The van der Waals surface area contributed by atoms with Gasteiger partial charge in [0.1, 0.15) is 5.82 Å². The van der Waals surface area contributed by atoms with Crippen LogP contribution in [0.25, 0.3) is 0 Å². The fourth-order valence-corrected chi connectivity index (χ4v) is 4.63. The minimum Gasteiger partial charge on any atom is -0.319 e. The predicted octanol–water partition coefficient (Wildman–Crippen LogP) is 3.72. The third-order valence-corrected chi connectivity index (χ3v) is 6.17. The first-order valence-corrected chi connectivity index (χ1v) is 9.29. The summed E-state index contributed by atoms with van der Waals surface area (Å²) >= 11 is 0. The minimum absolute atomic E-state index is 0. The number of fused-ring (bicyclic) bond motifs is 1. The number of hydrogen-bond acceptors (Lipinski definition) is 3. The standard InChI is InChI=1S/C18H20FNO2S.ClH/c1-20-12-14-5-2-4-13-10-17(8-9-18(13)14)23(21,22)16-7-3-6-15(19)11-16;/h3,6-11,14,20H,2,4-5,12H2,1H3;1H/t14-;/m0./s1. The first kappa shape index (κ1) is 18.9. The lowest BCUT2D eigenvalue weighted by molar-refractivity contribution is 0.527. The van der Waals surface area contributed by atoms with Crippen LogP contribution < -0.4 is 5.32 Å². The van der Waals surface area contributed by atoms with Crippen molar-refractivity contribution in [3.05, 3.63) is 59.4 Å². The van der Waals surface area contributed by atoms with Gasteiger partial charge < -0.3 is 5.32 Å². The number of benzene rings is 2. The van der Waals surface area contributed by atoms with Gasteiger partial charge in [0.2, 0.25) is 9.84 Å². The van der Waals surface area contributed by atoms with Gasteiger partial charge in [-0.3, -0.25) is 0 Å². The van der Waals surface area contributed by atoms with Crippen LogP contribution in [0, 0.1) is 5.82 Å². The van der Waals surface area contributed by atoms with Crippen LogP contribution in [0.3, 0.4) is 0 Å². The van der Waals surface area contributed by atoms with Crippen molar-refractivity contribution in [2.24, 2.45) is 0 Å². The molecule has 2 aromatic carbocycles. The Morgan fingerprint density at radius 2 is 1.92 bits per heavy atom. The highest BCUT2D eigenvalue weighted by Crippen LogP contribution is 2.33. The van der Waals surface area contributed by atoms with E-state index in [0.29, 0.717) is 5.92 Å². The summed E-state index contributed by atoms with van der Waals surface area (Å²) in [7, 11) is -1.75. The van der Waals surface area contributed by atoms with Gasteiger partial charge in [0.25, 0.3) is 0 Å². The third kappa shape index (κ3) is 3.63. The van der Waals surface area contributed by atoms with Crippen LogP contribution in [-0.4, -0.2) is 22.0 Å². The van der Waals surface area contributed by atoms with E-state index in [4.69, 9.17) is 0 Å². The van der Waals surface area contributed by atoms with Gasteiger partial charge in [-0.2, -0.15) is 0 Å². The van der Waals surface area contributed by atoms with E-state index in [1.807, 2.05) is 13.1 Å². The van der Waals surface area contributed by atoms with Crippen molar-refractivity contribution in [3.8, 4) is 0 Å². The molecule has 0 aliphatic heterocycles. The maximum atomic E-state index is 13.4. The van der Waals surface area contributed by atoms with Crippen molar-refractivity contribution in [1.82, 2.24) is 5.32 Å². The SMILES string of the molecule is CNC[C@@H]1CCCc2cc(S(=O)(=O)c3cccc(F)c3)ccc21.Cl. The average molecular weight is 370 g/mol. The second-order valence-corrected chi connectivity index (χ2v) is 7.92. The summed E-state index contributed by atoms with van der Waals surface area (Å²) in [6, 6.07) is 10.5. The van der Waals surface area contributed by atoms with Crippen LogP contribution in [0.2, 0.25) is 0 Å². The Bertz CT molecular complexity index is 824. The number of nitrogens with one attached hydrogen (secondary N) is 1. The van der Waals surface area contributed by atoms with Gasteiger partial charge in [-0.15, -0.1) is 12.4 Å². The fourth-order valence-electron chi connectivity index (χ4n) is 3.29. The molecule has 0 unspecified atom stereocenters. The van der Waals surface area contributed by atoms with E-state index in [1.54, 1.807) is 12.1 Å². The molecule has 3 rings (SSSR count). The van der Waals surface area contributed by atoms with Gasteiger partial charge >= 0.3 is 0 Å². The first-order valence-electron chi connectivity index (χ1n) is 7.80. The maximum absolute atomic E-state index is 13.4. The van der Waals surface area contributed by atoms with Crippen molar-refractivity contribution in [3.63, 3.8) is 0 Å². The Morgan fingerprint density at radius 1 is 1.17 bits per heavy atom. The van der Waals surface area contributed by atoms with Crippen LogP contribution in [0.5, 0.6) is 0 Å². The van der Waals surface area contributed by atoms with Crippen molar-refractivity contribution in [1.29, 1.82) is 0 Å². The summed E-state index contributed by atoms with van der Waals surface area (Å²) < 4.78 is 38.8. The Labute approximate surface area is 148 Å². The molecule has 1 aliphatic carbocycles. The van der Waals surface area contributed by atoms with Gasteiger partial charge in [-0.1, -0.05) is 12.1 Å². The fraction of sp³-hybridized carbons (Fsp3) is 0.333.